The van der Waals surface area contributed by atoms with Crippen molar-refractivity contribution in [2.24, 2.45) is 5.73 Å². The number of nitro groups is 1. The van der Waals surface area contributed by atoms with Crippen molar-refractivity contribution in [2.45, 2.75) is 12.9 Å². The van der Waals surface area contributed by atoms with Crippen molar-refractivity contribution in [3.63, 3.8) is 0 Å². The third-order valence-electron chi connectivity index (χ3n) is 3.06. The van der Waals surface area contributed by atoms with Crippen molar-refractivity contribution < 1.29 is 27.6 Å². The molecule has 0 unspecified atom stereocenters. The van der Waals surface area contributed by atoms with Crippen LogP contribution in [0.1, 0.15) is 15.9 Å². The Balaban J connectivity index is 2.35. The van der Waals surface area contributed by atoms with Gasteiger partial charge >= 0.3 is 6.36 Å². The van der Waals surface area contributed by atoms with Gasteiger partial charge in [0.1, 0.15) is 11.3 Å². The molecule has 0 spiro atoms. The number of alkyl halides is 3. The molecule has 2 rings (SSSR count). The first-order valence-electron chi connectivity index (χ1n) is 6.60. The SMILES string of the molecule is NC(=O)c1cc([N+](=O)[O-])cn(Cc2ccc(OC(F)(F)F)cc2)c1=O. The molecular weight excluding hydrogens is 347 g/mol. The fraction of sp³-hybridized carbons (Fsp3) is 0.143. The molecule has 132 valence electrons. The van der Waals surface area contributed by atoms with Crippen molar-refractivity contribution in [2.75, 3.05) is 0 Å². The second kappa shape index (κ2) is 6.63. The first-order chi connectivity index (χ1) is 11.6. The molecule has 1 amide bonds. The van der Waals surface area contributed by atoms with Crippen LogP contribution >= 0.6 is 0 Å². The van der Waals surface area contributed by atoms with Crippen LogP contribution in [0.25, 0.3) is 0 Å². The average molecular weight is 357 g/mol. The monoisotopic (exact) mass is 357 g/mol. The van der Waals surface area contributed by atoms with Crippen molar-refractivity contribution in [1.29, 1.82) is 0 Å². The van der Waals surface area contributed by atoms with Crippen LogP contribution in [0.5, 0.6) is 5.75 Å². The van der Waals surface area contributed by atoms with Crippen molar-refractivity contribution in [3.8, 4) is 5.75 Å². The first kappa shape index (κ1) is 18.0. The molecule has 2 N–H and O–H groups in total. The summed E-state index contributed by atoms with van der Waals surface area (Å²) in [5.41, 5.74) is 3.44. The van der Waals surface area contributed by atoms with Crippen LogP contribution in [0.3, 0.4) is 0 Å². The number of nitrogens with zero attached hydrogens (tertiary/aromatic N) is 2. The Morgan fingerprint density at radius 1 is 1.28 bits per heavy atom. The van der Waals surface area contributed by atoms with Crippen LogP contribution in [0.4, 0.5) is 18.9 Å². The predicted octanol–water partition coefficient (Wildman–Crippen LogP) is 1.80. The lowest BCUT2D eigenvalue weighted by Gasteiger charge is -2.10. The fourth-order valence-corrected chi connectivity index (χ4v) is 2.01. The number of hydrogen-bond acceptors (Lipinski definition) is 5. The van der Waals surface area contributed by atoms with E-state index in [9.17, 15) is 32.9 Å². The molecule has 0 saturated carbocycles. The van der Waals surface area contributed by atoms with E-state index in [4.69, 9.17) is 5.73 Å². The number of amides is 1. The minimum Gasteiger partial charge on any atom is -0.406 e. The van der Waals surface area contributed by atoms with Gasteiger partial charge in [-0.3, -0.25) is 19.7 Å². The predicted molar refractivity (Wildman–Crippen MR) is 78.1 cm³/mol. The highest BCUT2D eigenvalue weighted by molar-refractivity contribution is 5.92. The molecule has 0 saturated heterocycles. The van der Waals surface area contributed by atoms with Gasteiger partial charge in [0, 0.05) is 6.07 Å². The summed E-state index contributed by atoms with van der Waals surface area (Å²) >= 11 is 0. The Morgan fingerprint density at radius 2 is 1.88 bits per heavy atom. The number of primary amides is 1. The number of carbonyl (C=O) groups excluding carboxylic acids is 1. The number of halogens is 3. The van der Waals surface area contributed by atoms with Gasteiger partial charge in [-0.1, -0.05) is 12.1 Å². The van der Waals surface area contributed by atoms with Gasteiger partial charge in [-0.05, 0) is 17.7 Å². The van der Waals surface area contributed by atoms with Gasteiger partial charge in [0.25, 0.3) is 17.2 Å². The molecule has 0 aliphatic heterocycles. The molecule has 2 aromatic rings. The minimum atomic E-state index is -4.84. The van der Waals surface area contributed by atoms with Gasteiger partial charge in [-0.25, -0.2) is 0 Å². The zero-order valence-corrected chi connectivity index (χ0v) is 12.3. The molecule has 0 atom stereocenters. The van der Waals surface area contributed by atoms with Crippen LogP contribution in [-0.4, -0.2) is 21.8 Å². The van der Waals surface area contributed by atoms with Gasteiger partial charge in [0.05, 0.1) is 17.7 Å². The van der Waals surface area contributed by atoms with Crippen molar-refractivity contribution >= 4 is 11.6 Å². The maximum atomic E-state index is 12.1. The highest BCUT2D eigenvalue weighted by Crippen LogP contribution is 2.23. The fourth-order valence-electron chi connectivity index (χ4n) is 2.01. The van der Waals surface area contributed by atoms with Crippen LogP contribution in [0.2, 0.25) is 0 Å². The third-order valence-corrected chi connectivity index (χ3v) is 3.06. The Bertz CT molecular complexity index is 875. The second-order valence-corrected chi connectivity index (χ2v) is 4.86. The van der Waals surface area contributed by atoms with E-state index in [1.165, 1.54) is 12.1 Å². The molecule has 1 heterocycles. The van der Waals surface area contributed by atoms with Gasteiger partial charge in [0.15, 0.2) is 0 Å². The molecular formula is C14H10F3N3O5. The van der Waals surface area contributed by atoms with Gasteiger partial charge in [-0.15, -0.1) is 13.2 Å². The Hall–Kier alpha value is -3.37. The van der Waals surface area contributed by atoms with E-state index in [1.807, 2.05) is 0 Å². The molecule has 1 aromatic carbocycles. The lowest BCUT2D eigenvalue weighted by molar-refractivity contribution is -0.385. The van der Waals surface area contributed by atoms with Crippen LogP contribution < -0.4 is 16.0 Å². The van der Waals surface area contributed by atoms with E-state index < -0.39 is 39.8 Å². The smallest absolute Gasteiger partial charge is 0.406 e. The molecule has 0 bridgehead atoms. The number of benzene rings is 1. The Labute approximate surface area is 137 Å². The number of carbonyl (C=O) groups is 1. The maximum Gasteiger partial charge on any atom is 0.573 e. The standard InChI is InChI=1S/C14H10F3N3O5/c15-14(16,17)25-10-3-1-8(2-4-10)6-19-7-9(20(23)24)5-11(12(18)21)13(19)22/h1-5,7H,6H2,(H2,18,21). The minimum absolute atomic E-state index is 0.215. The Morgan fingerprint density at radius 3 is 2.36 bits per heavy atom. The van der Waals surface area contributed by atoms with E-state index in [-0.39, 0.29) is 6.54 Å². The summed E-state index contributed by atoms with van der Waals surface area (Å²) in [5.74, 6) is -1.59. The summed E-state index contributed by atoms with van der Waals surface area (Å²) in [7, 11) is 0. The van der Waals surface area contributed by atoms with E-state index >= 15 is 0 Å². The molecule has 1 aromatic heterocycles. The molecule has 11 heteroatoms. The van der Waals surface area contributed by atoms with E-state index in [0.717, 1.165) is 29.0 Å². The van der Waals surface area contributed by atoms with E-state index in [2.05, 4.69) is 4.74 Å². The van der Waals surface area contributed by atoms with Gasteiger partial charge in [0.2, 0.25) is 0 Å². The highest BCUT2D eigenvalue weighted by atomic mass is 19.4. The van der Waals surface area contributed by atoms with Crippen molar-refractivity contribution in [3.05, 3.63) is 68.1 Å². The van der Waals surface area contributed by atoms with Crippen LogP contribution in [-0.2, 0) is 6.54 Å². The Kier molecular flexibility index (Phi) is 4.77. The van der Waals surface area contributed by atoms with Gasteiger partial charge < -0.3 is 15.0 Å². The van der Waals surface area contributed by atoms with Crippen molar-refractivity contribution in [1.82, 2.24) is 4.57 Å². The quantitative estimate of drug-likeness (QED) is 0.647. The van der Waals surface area contributed by atoms with E-state index in [1.54, 1.807) is 0 Å². The summed E-state index contributed by atoms with van der Waals surface area (Å²) in [4.78, 5) is 33.4. The molecule has 0 aliphatic rings. The highest BCUT2D eigenvalue weighted by Gasteiger charge is 2.31. The van der Waals surface area contributed by atoms with E-state index in [0.29, 0.717) is 5.56 Å². The number of aromatic nitrogens is 1. The topological polar surface area (TPSA) is 117 Å². The first-order valence-corrected chi connectivity index (χ1v) is 6.60. The largest absolute Gasteiger partial charge is 0.573 e. The van der Waals surface area contributed by atoms with Crippen LogP contribution in [0, 0.1) is 10.1 Å². The maximum absolute atomic E-state index is 12.1. The molecule has 0 fully saturated rings. The molecule has 25 heavy (non-hydrogen) atoms. The summed E-state index contributed by atoms with van der Waals surface area (Å²) in [5, 5.41) is 10.9. The number of ether oxygens (including phenoxy) is 1. The molecule has 8 nitrogen and oxygen atoms in total. The second-order valence-electron chi connectivity index (χ2n) is 4.86. The zero-order valence-electron chi connectivity index (χ0n) is 12.3. The summed E-state index contributed by atoms with van der Waals surface area (Å²) in [6, 6.07) is 5.31. The summed E-state index contributed by atoms with van der Waals surface area (Å²) in [6.45, 7) is -0.215. The average Bonchev–Trinajstić information content (AvgIpc) is 2.49. The number of nitrogens with two attached hydrogens (primary N) is 1. The summed E-state index contributed by atoms with van der Waals surface area (Å²) < 4.78 is 40.9. The lowest BCUT2D eigenvalue weighted by Crippen LogP contribution is -2.30. The normalized spacial score (nSPS) is 11.2. The zero-order chi connectivity index (χ0) is 18.8. The number of pyridine rings is 1. The third kappa shape index (κ3) is 4.56. The number of hydrogen-bond donors (Lipinski definition) is 1. The molecule has 0 radical (unpaired) electrons. The lowest BCUT2D eigenvalue weighted by atomic mass is 10.2. The van der Waals surface area contributed by atoms with Crippen LogP contribution in [0.15, 0.2) is 41.3 Å². The molecule has 0 aliphatic carbocycles. The van der Waals surface area contributed by atoms with Gasteiger partial charge in [-0.2, -0.15) is 0 Å². The summed E-state index contributed by atoms with van der Waals surface area (Å²) in [6.07, 6.45) is -3.93. The number of rotatable bonds is 5.